The summed E-state index contributed by atoms with van der Waals surface area (Å²) in [7, 11) is 1.80. The van der Waals surface area contributed by atoms with E-state index >= 15 is 0 Å². The third kappa shape index (κ3) is 3.35. The van der Waals surface area contributed by atoms with Crippen LogP contribution in [-0.2, 0) is 11.8 Å². The van der Waals surface area contributed by atoms with Gasteiger partial charge in [-0.15, -0.1) is 0 Å². The first-order valence-corrected chi connectivity index (χ1v) is 9.78. The first-order valence-electron chi connectivity index (χ1n) is 9.78. The van der Waals surface area contributed by atoms with Crippen LogP contribution in [0.25, 0.3) is 27.6 Å². The molecule has 0 spiro atoms. The smallest absolute Gasteiger partial charge is 0.247 e. The van der Waals surface area contributed by atoms with Gasteiger partial charge in [0.1, 0.15) is 0 Å². The topological polar surface area (TPSA) is 89.7 Å². The molecular weight excluding hydrogens is 409 g/mol. The summed E-state index contributed by atoms with van der Waals surface area (Å²) in [6.45, 7) is 3.48. The summed E-state index contributed by atoms with van der Waals surface area (Å²) in [6, 6.07) is 13.1. The van der Waals surface area contributed by atoms with Gasteiger partial charge < -0.3 is 10.6 Å². The number of benzene rings is 2. The summed E-state index contributed by atoms with van der Waals surface area (Å²) in [5.74, 6) is -0.509. The zero-order chi connectivity index (χ0) is 22.2. The van der Waals surface area contributed by atoms with E-state index in [1.165, 1.54) is 6.08 Å². The maximum absolute atomic E-state index is 15.0. The van der Waals surface area contributed by atoms with Crippen molar-refractivity contribution in [3.05, 3.63) is 79.5 Å². The highest BCUT2D eigenvalue weighted by Gasteiger charge is 2.18. The fourth-order valence-electron chi connectivity index (χ4n) is 3.66. The molecule has 5 rings (SSSR count). The molecule has 3 heterocycles. The van der Waals surface area contributed by atoms with Gasteiger partial charge in [0, 0.05) is 29.7 Å². The molecule has 9 heteroatoms. The molecule has 0 bridgehead atoms. The Morgan fingerprint density at radius 1 is 1.09 bits per heavy atom. The number of aromatic nitrogens is 5. The summed E-state index contributed by atoms with van der Waals surface area (Å²) in [5, 5.41) is 11.7. The SMILES string of the molecule is C=CC(=O)Nc1ccc2c(c1)c1ccccc1n2-c1nc(Nc2cnn(C)c2)ncc1F. The number of hydrogen-bond acceptors (Lipinski definition) is 5. The molecule has 3 aromatic heterocycles. The van der Waals surface area contributed by atoms with Gasteiger partial charge in [0.25, 0.3) is 0 Å². The highest BCUT2D eigenvalue weighted by Crippen LogP contribution is 2.34. The van der Waals surface area contributed by atoms with Gasteiger partial charge in [-0.1, -0.05) is 24.8 Å². The average molecular weight is 427 g/mol. The van der Waals surface area contributed by atoms with Crippen LogP contribution in [0.15, 0.2) is 73.7 Å². The van der Waals surface area contributed by atoms with E-state index in [0.29, 0.717) is 11.4 Å². The third-order valence-electron chi connectivity index (χ3n) is 5.02. The number of hydrogen-bond donors (Lipinski definition) is 2. The zero-order valence-corrected chi connectivity index (χ0v) is 17.1. The number of halogens is 1. The molecule has 0 aliphatic heterocycles. The first-order chi connectivity index (χ1) is 15.5. The van der Waals surface area contributed by atoms with Crippen molar-refractivity contribution in [2.24, 2.45) is 7.05 Å². The van der Waals surface area contributed by atoms with Crippen molar-refractivity contribution in [2.75, 3.05) is 10.6 Å². The van der Waals surface area contributed by atoms with Crippen LogP contribution in [0.1, 0.15) is 0 Å². The van der Waals surface area contributed by atoms with Gasteiger partial charge in [-0.3, -0.25) is 14.0 Å². The van der Waals surface area contributed by atoms with Gasteiger partial charge in [-0.2, -0.15) is 10.1 Å². The Bertz CT molecular complexity index is 1500. The highest BCUT2D eigenvalue weighted by molar-refractivity contribution is 6.11. The fraction of sp³-hybridized carbons (Fsp3) is 0.0435. The molecule has 0 aliphatic rings. The summed E-state index contributed by atoms with van der Waals surface area (Å²) >= 11 is 0. The van der Waals surface area contributed by atoms with Crippen molar-refractivity contribution < 1.29 is 9.18 Å². The monoisotopic (exact) mass is 427 g/mol. The number of carbonyl (C=O) groups excluding carboxylic acids is 1. The van der Waals surface area contributed by atoms with E-state index in [-0.39, 0.29) is 17.7 Å². The van der Waals surface area contributed by atoms with Crippen molar-refractivity contribution >= 4 is 45.0 Å². The molecule has 0 radical (unpaired) electrons. The Labute approximate surface area is 182 Å². The number of nitrogens with one attached hydrogen (secondary N) is 2. The number of anilines is 3. The molecule has 0 fully saturated rings. The molecule has 2 aromatic carbocycles. The van der Waals surface area contributed by atoms with Crippen molar-refractivity contribution in [3.63, 3.8) is 0 Å². The lowest BCUT2D eigenvalue weighted by atomic mass is 10.1. The van der Waals surface area contributed by atoms with Crippen molar-refractivity contribution in [1.29, 1.82) is 0 Å². The molecule has 0 saturated carbocycles. The number of para-hydroxylation sites is 1. The second-order valence-corrected chi connectivity index (χ2v) is 7.17. The van der Waals surface area contributed by atoms with Gasteiger partial charge in [-0.25, -0.2) is 9.37 Å². The molecule has 158 valence electrons. The van der Waals surface area contributed by atoms with E-state index in [1.54, 1.807) is 34.8 Å². The van der Waals surface area contributed by atoms with E-state index in [9.17, 15) is 9.18 Å². The number of aryl methyl sites for hydroxylation is 1. The minimum absolute atomic E-state index is 0.112. The Morgan fingerprint density at radius 2 is 1.91 bits per heavy atom. The number of fused-ring (bicyclic) bond motifs is 3. The maximum atomic E-state index is 15.0. The number of nitrogens with zero attached hydrogens (tertiary/aromatic N) is 5. The van der Waals surface area contributed by atoms with Crippen LogP contribution in [-0.4, -0.2) is 30.2 Å². The van der Waals surface area contributed by atoms with Crippen LogP contribution in [0, 0.1) is 5.82 Å². The van der Waals surface area contributed by atoms with Crippen LogP contribution in [0.3, 0.4) is 0 Å². The van der Waals surface area contributed by atoms with Gasteiger partial charge in [0.15, 0.2) is 11.6 Å². The minimum Gasteiger partial charge on any atom is -0.323 e. The first kappa shape index (κ1) is 19.4. The summed E-state index contributed by atoms with van der Waals surface area (Å²) < 4.78 is 18.4. The lowest BCUT2D eigenvalue weighted by molar-refractivity contribution is -0.111. The van der Waals surface area contributed by atoms with Crippen molar-refractivity contribution in [1.82, 2.24) is 24.3 Å². The summed E-state index contributed by atoms with van der Waals surface area (Å²) in [4.78, 5) is 20.2. The average Bonchev–Trinajstić information content (AvgIpc) is 3.35. The summed E-state index contributed by atoms with van der Waals surface area (Å²) in [6.07, 6.45) is 5.75. The van der Waals surface area contributed by atoms with E-state index in [0.717, 1.165) is 28.0 Å². The van der Waals surface area contributed by atoms with Gasteiger partial charge >= 0.3 is 0 Å². The number of rotatable bonds is 5. The van der Waals surface area contributed by atoms with Crippen LogP contribution in [0.4, 0.5) is 21.7 Å². The van der Waals surface area contributed by atoms with Crippen LogP contribution >= 0.6 is 0 Å². The quantitative estimate of drug-likeness (QED) is 0.408. The number of carbonyl (C=O) groups is 1. The van der Waals surface area contributed by atoms with Crippen LogP contribution < -0.4 is 10.6 Å². The van der Waals surface area contributed by atoms with Gasteiger partial charge in [0.2, 0.25) is 11.9 Å². The maximum Gasteiger partial charge on any atom is 0.247 e. The van der Waals surface area contributed by atoms with E-state index in [4.69, 9.17) is 0 Å². The second kappa shape index (κ2) is 7.62. The van der Waals surface area contributed by atoms with Crippen molar-refractivity contribution in [2.45, 2.75) is 0 Å². The Hall–Kier alpha value is -4.53. The molecule has 2 N–H and O–H groups in total. The molecule has 5 aromatic rings. The standard InChI is InChI=1S/C23H18FN7O/c1-3-21(32)27-14-8-9-20-17(10-14)16-6-4-5-7-19(16)31(20)22-18(24)12-25-23(29-22)28-15-11-26-30(2)13-15/h3-13H,1H2,2H3,(H,27,32)(H,25,28,29). The molecule has 1 amide bonds. The molecule has 8 nitrogen and oxygen atoms in total. The van der Waals surface area contributed by atoms with Crippen molar-refractivity contribution in [3.8, 4) is 5.82 Å². The predicted octanol–water partition coefficient (Wildman–Crippen LogP) is 4.31. The largest absolute Gasteiger partial charge is 0.323 e. The lowest BCUT2D eigenvalue weighted by Gasteiger charge is -2.10. The minimum atomic E-state index is -0.562. The molecule has 32 heavy (non-hydrogen) atoms. The molecule has 0 atom stereocenters. The third-order valence-corrected chi connectivity index (χ3v) is 5.02. The molecule has 0 saturated heterocycles. The fourth-order valence-corrected chi connectivity index (χ4v) is 3.66. The zero-order valence-electron chi connectivity index (χ0n) is 17.1. The summed E-state index contributed by atoms with van der Waals surface area (Å²) in [5.41, 5.74) is 2.83. The van der Waals surface area contributed by atoms with E-state index in [1.807, 2.05) is 36.4 Å². The van der Waals surface area contributed by atoms with E-state index in [2.05, 4.69) is 32.3 Å². The van der Waals surface area contributed by atoms with E-state index < -0.39 is 5.82 Å². The highest BCUT2D eigenvalue weighted by atomic mass is 19.1. The lowest BCUT2D eigenvalue weighted by Crippen LogP contribution is -2.07. The molecule has 0 aliphatic carbocycles. The second-order valence-electron chi connectivity index (χ2n) is 7.17. The van der Waals surface area contributed by atoms with Gasteiger partial charge in [0.05, 0.1) is 29.1 Å². The van der Waals surface area contributed by atoms with Gasteiger partial charge in [-0.05, 0) is 30.3 Å². The Morgan fingerprint density at radius 3 is 2.69 bits per heavy atom. The Balaban J connectivity index is 1.68. The Kier molecular flexibility index (Phi) is 4.63. The molecular formula is C23H18FN7O. The number of amides is 1. The molecule has 0 unspecified atom stereocenters. The van der Waals surface area contributed by atoms with Crippen LogP contribution in [0.2, 0.25) is 0 Å². The predicted molar refractivity (Wildman–Crippen MR) is 122 cm³/mol. The normalized spacial score (nSPS) is 11.1. The van der Waals surface area contributed by atoms with Crippen LogP contribution in [0.5, 0.6) is 0 Å².